The van der Waals surface area contributed by atoms with Crippen molar-refractivity contribution in [3.63, 3.8) is 0 Å². The normalized spacial score (nSPS) is 19.1. The molecule has 1 aliphatic heterocycles. The third kappa shape index (κ3) is 1.36. The van der Waals surface area contributed by atoms with Crippen LogP contribution in [0, 0.1) is 5.82 Å². The zero-order valence-corrected chi connectivity index (χ0v) is 8.31. The molecule has 1 aliphatic rings. The van der Waals surface area contributed by atoms with Gasteiger partial charge in [-0.3, -0.25) is 0 Å². The van der Waals surface area contributed by atoms with E-state index < -0.39 is 15.8 Å². The van der Waals surface area contributed by atoms with Gasteiger partial charge in [0, 0.05) is 7.05 Å². The number of rotatable bonds is 0. The Morgan fingerprint density at radius 1 is 1.50 bits per heavy atom. The Labute approximate surface area is 81.4 Å². The number of fused-ring (bicyclic) bond motifs is 1. The van der Waals surface area contributed by atoms with Gasteiger partial charge in [-0.1, -0.05) is 0 Å². The molecule has 4 nitrogen and oxygen atoms in total. The molecule has 1 aromatic carbocycles. The van der Waals surface area contributed by atoms with Crippen LogP contribution in [0.25, 0.3) is 0 Å². The summed E-state index contributed by atoms with van der Waals surface area (Å²) in [5, 5.41) is 0. The second-order valence-corrected chi connectivity index (χ2v) is 4.85. The lowest BCUT2D eigenvalue weighted by Gasteiger charge is -2.27. The Morgan fingerprint density at radius 2 is 2.21 bits per heavy atom. The maximum absolute atomic E-state index is 12.9. The molecule has 0 aromatic heterocycles. The smallest absolute Gasteiger partial charge is 0.244 e. The topological polar surface area (TPSA) is 49.4 Å². The Hall–Kier alpha value is -1.14. The molecular weight excluding hydrogens is 207 g/mol. The van der Waals surface area contributed by atoms with Gasteiger partial charge in [-0.25, -0.2) is 12.8 Å². The summed E-state index contributed by atoms with van der Waals surface area (Å²) in [6, 6.07) is 3.73. The minimum atomic E-state index is -3.53. The summed E-state index contributed by atoms with van der Waals surface area (Å²) in [5.74, 6) is -0.551. The van der Waals surface area contributed by atoms with E-state index in [1.165, 1.54) is 12.1 Å². The van der Waals surface area contributed by atoms with E-state index in [9.17, 15) is 12.8 Å². The van der Waals surface area contributed by atoms with Crippen LogP contribution < -0.4 is 9.62 Å². The van der Waals surface area contributed by atoms with Crippen molar-refractivity contribution in [2.24, 2.45) is 0 Å². The zero-order valence-electron chi connectivity index (χ0n) is 7.49. The molecule has 0 radical (unpaired) electrons. The molecule has 0 saturated carbocycles. The molecule has 0 bridgehead atoms. The summed E-state index contributed by atoms with van der Waals surface area (Å²) < 4.78 is 38.1. The Morgan fingerprint density at radius 3 is 2.93 bits per heavy atom. The lowest BCUT2D eigenvalue weighted by atomic mass is 10.3. The van der Waals surface area contributed by atoms with Crippen LogP contribution >= 0.6 is 0 Å². The maximum atomic E-state index is 12.9. The highest BCUT2D eigenvalue weighted by molar-refractivity contribution is 7.89. The fraction of sp³-hybridized carbons (Fsp3) is 0.250. The highest BCUT2D eigenvalue weighted by atomic mass is 32.2. The monoisotopic (exact) mass is 216 g/mol. The lowest BCUT2D eigenvalue weighted by molar-refractivity contribution is 0.570. The quantitative estimate of drug-likeness (QED) is 0.687. The second-order valence-electron chi connectivity index (χ2n) is 3.12. The van der Waals surface area contributed by atoms with E-state index in [-0.39, 0.29) is 11.6 Å². The molecule has 0 aliphatic carbocycles. The number of hydrogen-bond acceptors (Lipinski definition) is 3. The molecule has 1 N–H and O–H groups in total. The molecule has 2 rings (SSSR count). The van der Waals surface area contributed by atoms with Crippen LogP contribution in [0.4, 0.5) is 10.1 Å². The molecule has 76 valence electrons. The van der Waals surface area contributed by atoms with Gasteiger partial charge in [-0.2, -0.15) is 4.72 Å². The third-order valence-electron chi connectivity index (χ3n) is 2.11. The molecule has 0 unspecified atom stereocenters. The van der Waals surface area contributed by atoms with Crippen LogP contribution in [0.5, 0.6) is 0 Å². The van der Waals surface area contributed by atoms with Gasteiger partial charge in [-0.05, 0) is 18.2 Å². The largest absolute Gasteiger partial charge is 0.360 e. The van der Waals surface area contributed by atoms with Gasteiger partial charge in [0.05, 0.1) is 12.4 Å². The highest BCUT2D eigenvalue weighted by Gasteiger charge is 2.26. The molecule has 1 heterocycles. The van der Waals surface area contributed by atoms with Gasteiger partial charge >= 0.3 is 0 Å². The molecule has 14 heavy (non-hydrogen) atoms. The first-order valence-corrected chi connectivity index (χ1v) is 5.49. The fourth-order valence-corrected chi connectivity index (χ4v) is 2.65. The van der Waals surface area contributed by atoms with Crippen molar-refractivity contribution >= 4 is 15.7 Å². The van der Waals surface area contributed by atoms with Gasteiger partial charge < -0.3 is 4.90 Å². The molecule has 0 saturated heterocycles. The summed E-state index contributed by atoms with van der Waals surface area (Å²) in [6.07, 6.45) is 0. The first-order valence-electron chi connectivity index (χ1n) is 4.01. The minimum absolute atomic E-state index is 0.00810. The van der Waals surface area contributed by atoms with E-state index >= 15 is 0 Å². The van der Waals surface area contributed by atoms with E-state index in [0.29, 0.717) is 5.69 Å². The average molecular weight is 216 g/mol. The predicted molar refractivity (Wildman–Crippen MR) is 50.0 cm³/mol. The number of anilines is 1. The Bertz CT molecular complexity index is 472. The standard InChI is InChI=1S/C8H9FN2O2S/c1-11-5-10-14(12,13)8-4-6(9)2-3-7(8)11/h2-4,10H,5H2,1H3. The van der Waals surface area contributed by atoms with E-state index in [0.717, 1.165) is 6.07 Å². The van der Waals surface area contributed by atoms with Crippen molar-refractivity contribution in [2.75, 3.05) is 18.6 Å². The molecule has 0 spiro atoms. The average Bonchev–Trinajstić information content (AvgIpc) is 2.12. The number of hydrogen-bond donors (Lipinski definition) is 1. The van der Waals surface area contributed by atoms with Crippen LogP contribution in [0.2, 0.25) is 0 Å². The van der Waals surface area contributed by atoms with Crippen LogP contribution in [-0.2, 0) is 10.0 Å². The van der Waals surface area contributed by atoms with Crippen LogP contribution in [0.15, 0.2) is 23.1 Å². The number of nitrogens with one attached hydrogen (secondary N) is 1. The number of sulfonamides is 1. The minimum Gasteiger partial charge on any atom is -0.360 e. The van der Waals surface area contributed by atoms with Gasteiger partial charge in [0.25, 0.3) is 0 Å². The van der Waals surface area contributed by atoms with Gasteiger partial charge in [0.15, 0.2) is 0 Å². The van der Waals surface area contributed by atoms with E-state index in [2.05, 4.69) is 4.72 Å². The highest BCUT2D eigenvalue weighted by Crippen LogP contribution is 2.27. The first kappa shape index (κ1) is 9.42. The first-order chi connectivity index (χ1) is 6.50. The van der Waals surface area contributed by atoms with E-state index in [1.807, 2.05) is 0 Å². The Balaban J connectivity index is 2.70. The van der Waals surface area contributed by atoms with E-state index in [4.69, 9.17) is 0 Å². The van der Waals surface area contributed by atoms with Crippen molar-refractivity contribution in [3.05, 3.63) is 24.0 Å². The maximum Gasteiger partial charge on any atom is 0.244 e. The molecule has 0 fully saturated rings. The van der Waals surface area contributed by atoms with Gasteiger partial charge in [0.2, 0.25) is 10.0 Å². The van der Waals surface area contributed by atoms with Crippen molar-refractivity contribution < 1.29 is 12.8 Å². The van der Waals surface area contributed by atoms with Gasteiger partial charge in [-0.15, -0.1) is 0 Å². The lowest BCUT2D eigenvalue weighted by Crippen LogP contribution is -2.40. The summed E-state index contributed by atoms with van der Waals surface area (Å²) in [7, 11) is -1.79. The number of benzene rings is 1. The second kappa shape index (κ2) is 2.93. The molecule has 0 atom stereocenters. The predicted octanol–water partition coefficient (Wildman–Crippen LogP) is 0.511. The number of nitrogens with zero attached hydrogens (tertiary/aromatic N) is 1. The summed E-state index contributed by atoms with van der Waals surface area (Å²) in [4.78, 5) is 1.70. The third-order valence-corrected chi connectivity index (χ3v) is 3.53. The zero-order chi connectivity index (χ0) is 10.3. The van der Waals surface area contributed by atoms with Crippen LogP contribution in [0.3, 0.4) is 0 Å². The Kier molecular flexibility index (Phi) is 1.97. The molecule has 6 heteroatoms. The summed E-state index contributed by atoms with van der Waals surface area (Å²) in [5.41, 5.74) is 0.519. The number of halogens is 1. The van der Waals surface area contributed by atoms with Crippen molar-refractivity contribution in [3.8, 4) is 0 Å². The van der Waals surface area contributed by atoms with Crippen molar-refractivity contribution in [1.29, 1.82) is 0 Å². The molecular formula is C8H9FN2O2S. The van der Waals surface area contributed by atoms with E-state index in [1.54, 1.807) is 11.9 Å². The summed E-state index contributed by atoms with van der Waals surface area (Å²) >= 11 is 0. The van der Waals surface area contributed by atoms with Gasteiger partial charge in [0.1, 0.15) is 10.7 Å². The van der Waals surface area contributed by atoms with Crippen molar-refractivity contribution in [2.45, 2.75) is 4.90 Å². The fourth-order valence-electron chi connectivity index (χ4n) is 1.36. The molecule has 1 aromatic rings. The SMILES string of the molecule is CN1CNS(=O)(=O)c2cc(F)ccc21. The van der Waals surface area contributed by atoms with Crippen LogP contribution in [0.1, 0.15) is 0 Å². The molecule has 0 amide bonds. The van der Waals surface area contributed by atoms with Crippen LogP contribution in [-0.4, -0.2) is 22.1 Å². The summed E-state index contributed by atoms with van der Waals surface area (Å²) in [6.45, 7) is 0.209. The van der Waals surface area contributed by atoms with Crippen molar-refractivity contribution in [1.82, 2.24) is 4.72 Å².